The first-order chi connectivity index (χ1) is 5.65. The molecular formula is C6H6FNO3S. The zero-order valence-electron chi connectivity index (χ0n) is 5.94. The van der Waals surface area contributed by atoms with Crippen molar-refractivity contribution in [3.8, 4) is 0 Å². The van der Waals surface area contributed by atoms with Gasteiger partial charge in [-0.2, -0.15) is 0 Å². The Kier molecular flexibility index (Phi) is 2.72. The van der Waals surface area contributed by atoms with Crippen LogP contribution in [0.3, 0.4) is 0 Å². The van der Waals surface area contributed by atoms with E-state index in [-0.39, 0.29) is 9.88 Å². The van der Waals surface area contributed by atoms with E-state index in [1.54, 1.807) is 0 Å². The number of rotatable bonds is 3. The van der Waals surface area contributed by atoms with Gasteiger partial charge in [-0.3, -0.25) is 10.1 Å². The van der Waals surface area contributed by atoms with E-state index >= 15 is 0 Å². The zero-order valence-corrected chi connectivity index (χ0v) is 6.75. The number of halogens is 1. The van der Waals surface area contributed by atoms with Gasteiger partial charge in [0.15, 0.2) is 0 Å². The van der Waals surface area contributed by atoms with Gasteiger partial charge in [-0.05, 0) is 6.07 Å². The second kappa shape index (κ2) is 3.59. The van der Waals surface area contributed by atoms with Crippen LogP contribution in [0.25, 0.3) is 0 Å². The molecule has 4 nitrogen and oxygen atoms in total. The van der Waals surface area contributed by atoms with Gasteiger partial charge in [0.1, 0.15) is 12.8 Å². The van der Waals surface area contributed by atoms with Crippen molar-refractivity contribution in [2.24, 2.45) is 0 Å². The number of thiophene rings is 1. The zero-order chi connectivity index (χ0) is 9.14. The van der Waals surface area contributed by atoms with Gasteiger partial charge in [-0.25, -0.2) is 4.39 Å². The van der Waals surface area contributed by atoms with Gasteiger partial charge in [0.2, 0.25) is 0 Å². The lowest BCUT2D eigenvalue weighted by Gasteiger charge is -1.98. The third-order valence-corrected chi connectivity index (χ3v) is 2.41. The Labute approximate surface area is 71.4 Å². The topological polar surface area (TPSA) is 63.4 Å². The highest BCUT2D eigenvalue weighted by Gasteiger charge is 2.15. The monoisotopic (exact) mass is 191 g/mol. The standard InChI is InChI=1S/C6H6FNO3S/c7-3-4(9)5-1-2-6(12-5)8(10)11/h1-2,4,9H,3H2. The van der Waals surface area contributed by atoms with Crippen molar-refractivity contribution in [1.29, 1.82) is 0 Å². The summed E-state index contributed by atoms with van der Waals surface area (Å²) in [4.78, 5) is 9.88. The molecule has 66 valence electrons. The fourth-order valence-electron chi connectivity index (χ4n) is 0.695. The van der Waals surface area contributed by atoms with E-state index in [1.165, 1.54) is 12.1 Å². The summed E-state index contributed by atoms with van der Waals surface area (Å²) < 4.78 is 11.9. The Bertz CT molecular complexity index is 288. The summed E-state index contributed by atoms with van der Waals surface area (Å²) in [6, 6.07) is 2.60. The van der Waals surface area contributed by atoms with Crippen molar-refractivity contribution < 1.29 is 14.4 Å². The molecule has 0 aliphatic rings. The molecule has 6 heteroatoms. The van der Waals surface area contributed by atoms with Crippen molar-refractivity contribution in [3.63, 3.8) is 0 Å². The molecule has 0 saturated heterocycles. The average Bonchev–Trinajstić information content (AvgIpc) is 2.51. The first-order valence-corrected chi connectivity index (χ1v) is 3.95. The van der Waals surface area contributed by atoms with Gasteiger partial charge in [-0.15, -0.1) is 0 Å². The minimum atomic E-state index is -1.23. The predicted octanol–water partition coefficient (Wildman–Crippen LogP) is 1.66. The summed E-state index contributed by atoms with van der Waals surface area (Å²) in [6.45, 7) is -0.919. The molecule has 1 aromatic heterocycles. The highest BCUT2D eigenvalue weighted by molar-refractivity contribution is 7.15. The second-order valence-electron chi connectivity index (χ2n) is 2.10. The molecule has 0 amide bonds. The van der Waals surface area contributed by atoms with E-state index in [2.05, 4.69) is 0 Å². The molecule has 0 fully saturated rings. The molecule has 0 bridgehead atoms. The fourth-order valence-corrected chi connectivity index (χ4v) is 1.48. The van der Waals surface area contributed by atoms with E-state index in [0.29, 0.717) is 0 Å². The Morgan fingerprint density at radius 1 is 1.75 bits per heavy atom. The highest BCUT2D eigenvalue weighted by Crippen LogP contribution is 2.28. The molecule has 12 heavy (non-hydrogen) atoms. The van der Waals surface area contributed by atoms with Crippen molar-refractivity contribution in [3.05, 3.63) is 27.1 Å². The average molecular weight is 191 g/mol. The van der Waals surface area contributed by atoms with Crippen molar-refractivity contribution in [2.45, 2.75) is 6.10 Å². The van der Waals surface area contributed by atoms with Crippen LogP contribution in [0, 0.1) is 10.1 Å². The van der Waals surface area contributed by atoms with Crippen LogP contribution < -0.4 is 0 Å². The van der Waals surface area contributed by atoms with Crippen LogP contribution in [0.4, 0.5) is 9.39 Å². The number of hydrogen-bond acceptors (Lipinski definition) is 4. The summed E-state index contributed by atoms with van der Waals surface area (Å²) in [5.74, 6) is 0. The quantitative estimate of drug-likeness (QED) is 0.583. The summed E-state index contributed by atoms with van der Waals surface area (Å²) in [5.41, 5.74) is 0. The maximum Gasteiger partial charge on any atom is 0.324 e. The largest absolute Gasteiger partial charge is 0.385 e. The molecule has 1 aromatic rings. The molecule has 0 aliphatic carbocycles. The number of aliphatic hydroxyl groups excluding tert-OH is 1. The number of alkyl halides is 1. The van der Waals surface area contributed by atoms with Crippen LogP contribution in [0.2, 0.25) is 0 Å². The van der Waals surface area contributed by atoms with Crippen LogP contribution in [-0.4, -0.2) is 16.7 Å². The molecule has 1 rings (SSSR count). The van der Waals surface area contributed by atoms with Gasteiger partial charge in [0, 0.05) is 10.9 Å². The van der Waals surface area contributed by atoms with E-state index in [0.717, 1.165) is 11.3 Å². The maximum atomic E-state index is 11.9. The van der Waals surface area contributed by atoms with Gasteiger partial charge < -0.3 is 5.11 Å². The van der Waals surface area contributed by atoms with Crippen LogP contribution >= 0.6 is 11.3 Å². The number of aliphatic hydroxyl groups is 1. The van der Waals surface area contributed by atoms with Crippen LogP contribution in [0.1, 0.15) is 11.0 Å². The Morgan fingerprint density at radius 2 is 2.42 bits per heavy atom. The highest BCUT2D eigenvalue weighted by atomic mass is 32.1. The molecule has 0 saturated carbocycles. The van der Waals surface area contributed by atoms with Gasteiger partial charge in [-0.1, -0.05) is 11.3 Å². The van der Waals surface area contributed by atoms with E-state index in [9.17, 15) is 14.5 Å². The van der Waals surface area contributed by atoms with Crippen molar-refractivity contribution in [2.75, 3.05) is 6.67 Å². The van der Waals surface area contributed by atoms with Gasteiger partial charge in [0.25, 0.3) is 0 Å². The van der Waals surface area contributed by atoms with E-state index in [4.69, 9.17) is 5.11 Å². The first kappa shape index (κ1) is 9.08. The first-order valence-electron chi connectivity index (χ1n) is 3.13. The smallest absolute Gasteiger partial charge is 0.324 e. The molecule has 1 unspecified atom stereocenters. The second-order valence-corrected chi connectivity index (χ2v) is 3.20. The minimum Gasteiger partial charge on any atom is -0.385 e. The van der Waals surface area contributed by atoms with Crippen molar-refractivity contribution in [1.82, 2.24) is 0 Å². The minimum absolute atomic E-state index is 0.0856. The molecule has 1 N–H and O–H groups in total. The molecule has 0 aromatic carbocycles. The molecule has 0 radical (unpaired) electrons. The third-order valence-electron chi connectivity index (χ3n) is 1.27. The lowest BCUT2D eigenvalue weighted by molar-refractivity contribution is -0.380. The van der Waals surface area contributed by atoms with Gasteiger partial charge >= 0.3 is 5.00 Å². The molecule has 0 spiro atoms. The normalized spacial score (nSPS) is 12.8. The molecular weight excluding hydrogens is 185 g/mol. The Balaban J connectivity index is 2.84. The lowest BCUT2D eigenvalue weighted by atomic mass is 10.3. The lowest BCUT2D eigenvalue weighted by Crippen LogP contribution is -1.94. The van der Waals surface area contributed by atoms with Gasteiger partial charge in [0.05, 0.1) is 4.92 Å². The summed E-state index contributed by atoms with van der Waals surface area (Å²) in [7, 11) is 0. The van der Waals surface area contributed by atoms with Crippen molar-refractivity contribution >= 4 is 16.3 Å². The van der Waals surface area contributed by atoms with Crippen LogP contribution in [0.5, 0.6) is 0 Å². The van der Waals surface area contributed by atoms with E-state index < -0.39 is 17.7 Å². The molecule has 1 heterocycles. The van der Waals surface area contributed by atoms with E-state index in [1.807, 2.05) is 0 Å². The number of hydrogen-bond donors (Lipinski definition) is 1. The summed E-state index contributed by atoms with van der Waals surface area (Å²) in [6.07, 6.45) is -1.23. The van der Waals surface area contributed by atoms with Crippen LogP contribution in [-0.2, 0) is 0 Å². The van der Waals surface area contributed by atoms with Crippen LogP contribution in [0.15, 0.2) is 12.1 Å². The SMILES string of the molecule is O=[N+]([O-])c1ccc(C(O)CF)s1. The molecule has 1 atom stereocenters. The fraction of sp³-hybridized carbons (Fsp3) is 0.333. The predicted molar refractivity (Wildman–Crippen MR) is 41.9 cm³/mol. The Morgan fingerprint density at radius 3 is 2.83 bits per heavy atom. The number of nitro groups is 1. The third kappa shape index (κ3) is 1.77. The summed E-state index contributed by atoms with van der Waals surface area (Å²) in [5, 5.41) is 19.0. The summed E-state index contributed by atoms with van der Waals surface area (Å²) >= 11 is 0.785. The Hall–Kier alpha value is -1.01. The molecule has 0 aliphatic heterocycles. The maximum absolute atomic E-state index is 11.9. The number of nitrogens with zero attached hydrogens (tertiary/aromatic N) is 1.